The largest absolute Gasteiger partial charge is 0.335 e. The van der Waals surface area contributed by atoms with Crippen molar-refractivity contribution < 1.29 is 4.79 Å². The lowest BCUT2D eigenvalue weighted by Gasteiger charge is -2.22. The van der Waals surface area contributed by atoms with E-state index in [1.54, 1.807) is 12.1 Å². The Morgan fingerprint density at radius 1 is 1.22 bits per heavy atom. The molecule has 2 aromatic rings. The normalized spacial score (nSPS) is 14.9. The van der Waals surface area contributed by atoms with Gasteiger partial charge in [-0.2, -0.15) is 5.26 Å². The van der Waals surface area contributed by atoms with Crippen LogP contribution in [0.3, 0.4) is 0 Å². The Hall–Kier alpha value is -2.39. The van der Waals surface area contributed by atoms with Gasteiger partial charge in [-0.3, -0.25) is 5.32 Å². The Balaban J connectivity index is 1.60. The van der Waals surface area contributed by atoms with Crippen molar-refractivity contribution in [3.05, 3.63) is 35.2 Å². The van der Waals surface area contributed by atoms with E-state index in [-0.39, 0.29) is 12.1 Å². The molecule has 0 bridgehead atoms. The van der Waals surface area contributed by atoms with E-state index in [1.165, 1.54) is 30.6 Å². The maximum absolute atomic E-state index is 12.0. The van der Waals surface area contributed by atoms with Crippen molar-refractivity contribution in [3.8, 4) is 17.3 Å². The minimum Gasteiger partial charge on any atom is -0.335 e. The van der Waals surface area contributed by atoms with Crippen LogP contribution in [0.4, 0.5) is 9.93 Å². The summed E-state index contributed by atoms with van der Waals surface area (Å²) in [5, 5.41) is 17.1. The number of carbonyl (C=O) groups is 1. The summed E-state index contributed by atoms with van der Waals surface area (Å²) in [6, 6.07) is 9.43. The minimum absolute atomic E-state index is 0.183. The lowest BCUT2D eigenvalue weighted by atomic mass is 9.96. The van der Waals surface area contributed by atoms with Crippen molar-refractivity contribution in [1.82, 2.24) is 10.3 Å². The van der Waals surface area contributed by atoms with Gasteiger partial charge in [-0.1, -0.05) is 31.4 Å². The third-order valence-corrected chi connectivity index (χ3v) is 4.73. The zero-order valence-corrected chi connectivity index (χ0v) is 13.5. The third kappa shape index (κ3) is 4.08. The number of nitrogens with one attached hydrogen (secondary N) is 2. The highest BCUT2D eigenvalue weighted by Crippen LogP contribution is 2.25. The number of aromatic nitrogens is 1. The number of hydrogen-bond acceptors (Lipinski definition) is 4. The Labute approximate surface area is 139 Å². The molecule has 0 aliphatic heterocycles. The van der Waals surface area contributed by atoms with E-state index in [9.17, 15) is 4.79 Å². The number of benzene rings is 1. The molecule has 5 nitrogen and oxygen atoms in total. The first-order valence-electron chi connectivity index (χ1n) is 7.78. The molecule has 1 aliphatic carbocycles. The standard InChI is InChI=1S/C17H18N4OS/c18-10-12-6-8-13(9-7-12)15-11-23-17(20-15)21-16(22)19-14-4-2-1-3-5-14/h6-9,11,14H,1-5H2,(H2,19,20,21,22). The number of amides is 2. The van der Waals surface area contributed by atoms with Crippen LogP contribution in [0.5, 0.6) is 0 Å². The van der Waals surface area contributed by atoms with Crippen molar-refractivity contribution in [1.29, 1.82) is 5.26 Å². The van der Waals surface area contributed by atoms with Gasteiger partial charge in [0.15, 0.2) is 5.13 Å². The number of nitrogens with zero attached hydrogens (tertiary/aromatic N) is 2. The van der Waals surface area contributed by atoms with E-state index in [0.717, 1.165) is 24.1 Å². The van der Waals surface area contributed by atoms with Gasteiger partial charge in [-0.05, 0) is 25.0 Å². The van der Waals surface area contributed by atoms with E-state index in [0.29, 0.717) is 10.7 Å². The van der Waals surface area contributed by atoms with Gasteiger partial charge in [0.1, 0.15) is 0 Å². The fourth-order valence-corrected chi connectivity index (χ4v) is 3.46. The number of anilines is 1. The molecule has 2 amide bonds. The van der Waals surface area contributed by atoms with Crippen molar-refractivity contribution in [3.63, 3.8) is 0 Å². The van der Waals surface area contributed by atoms with Crippen molar-refractivity contribution >= 4 is 22.5 Å². The fourth-order valence-electron chi connectivity index (χ4n) is 2.74. The fraction of sp³-hybridized carbons (Fsp3) is 0.353. The molecular formula is C17H18N4OS. The molecule has 2 N–H and O–H groups in total. The molecule has 0 radical (unpaired) electrons. The molecule has 1 fully saturated rings. The second kappa shape index (κ2) is 7.25. The summed E-state index contributed by atoms with van der Waals surface area (Å²) in [6.45, 7) is 0. The van der Waals surface area contributed by atoms with Crippen molar-refractivity contribution in [2.24, 2.45) is 0 Å². The predicted molar refractivity (Wildman–Crippen MR) is 91.3 cm³/mol. The first kappa shape index (κ1) is 15.5. The van der Waals surface area contributed by atoms with Crippen LogP contribution in [0.15, 0.2) is 29.6 Å². The average molecular weight is 326 g/mol. The van der Waals surface area contributed by atoms with Crippen LogP contribution in [0.25, 0.3) is 11.3 Å². The maximum Gasteiger partial charge on any atom is 0.321 e. The first-order valence-corrected chi connectivity index (χ1v) is 8.66. The molecule has 1 aliphatic rings. The van der Waals surface area contributed by atoms with E-state index < -0.39 is 0 Å². The summed E-state index contributed by atoms with van der Waals surface area (Å²) in [7, 11) is 0. The van der Waals surface area contributed by atoms with Crippen LogP contribution >= 0.6 is 11.3 Å². The van der Waals surface area contributed by atoms with Crippen LogP contribution in [0, 0.1) is 11.3 Å². The van der Waals surface area contributed by atoms with Gasteiger partial charge in [0.05, 0.1) is 17.3 Å². The summed E-state index contributed by atoms with van der Waals surface area (Å²) in [5.74, 6) is 0. The van der Waals surface area contributed by atoms with Crippen LogP contribution in [-0.4, -0.2) is 17.1 Å². The first-order chi connectivity index (χ1) is 11.2. The van der Waals surface area contributed by atoms with E-state index in [2.05, 4.69) is 21.7 Å². The van der Waals surface area contributed by atoms with Crippen molar-refractivity contribution in [2.75, 3.05) is 5.32 Å². The average Bonchev–Trinajstić information content (AvgIpc) is 3.04. The van der Waals surface area contributed by atoms with Gasteiger partial charge in [0.25, 0.3) is 0 Å². The zero-order valence-electron chi connectivity index (χ0n) is 12.7. The number of hydrogen-bond donors (Lipinski definition) is 2. The summed E-state index contributed by atoms with van der Waals surface area (Å²) in [4.78, 5) is 16.5. The Kier molecular flexibility index (Phi) is 4.89. The molecule has 1 heterocycles. The zero-order chi connectivity index (χ0) is 16.1. The topological polar surface area (TPSA) is 77.8 Å². The lowest BCUT2D eigenvalue weighted by molar-refractivity contribution is 0.244. The molecule has 0 saturated heterocycles. The smallest absolute Gasteiger partial charge is 0.321 e. The van der Waals surface area contributed by atoms with Crippen LogP contribution in [0.1, 0.15) is 37.7 Å². The SMILES string of the molecule is N#Cc1ccc(-c2csc(NC(=O)NC3CCCCC3)n2)cc1. The summed E-state index contributed by atoms with van der Waals surface area (Å²) in [5.41, 5.74) is 2.35. The number of rotatable bonds is 3. The van der Waals surface area contributed by atoms with Gasteiger partial charge in [0.2, 0.25) is 0 Å². The number of carbonyl (C=O) groups excluding carboxylic acids is 1. The maximum atomic E-state index is 12.0. The third-order valence-electron chi connectivity index (χ3n) is 3.97. The molecule has 0 unspecified atom stereocenters. The van der Waals surface area contributed by atoms with Gasteiger partial charge in [-0.25, -0.2) is 9.78 Å². The molecule has 1 aromatic carbocycles. The molecule has 1 saturated carbocycles. The quantitative estimate of drug-likeness (QED) is 0.890. The summed E-state index contributed by atoms with van der Waals surface area (Å²) in [6.07, 6.45) is 5.75. The van der Waals surface area contributed by atoms with Gasteiger partial charge in [0, 0.05) is 17.0 Å². The molecule has 0 atom stereocenters. The predicted octanol–water partition coefficient (Wildman–Crippen LogP) is 4.14. The van der Waals surface area contributed by atoms with E-state index >= 15 is 0 Å². The number of urea groups is 1. The van der Waals surface area contributed by atoms with Crippen molar-refractivity contribution in [2.45, 2.75) is 38.1 Å². The van der Waals surface area contributed by atoms with Crippen LogP contribution < -0.4 is 10.6 Å². The Morgan fingerprint density at radius 3 is 2.65 bits per heavy atom. The number of thiazole rings is 1. The highest BCUT2D eigenvalue weighted by Gasteiger charge is 2.16. The van der Waals surface area contributed by atoms with E-state index in [1.807, 2.05) is 17.5 Å². The molecule has 3 rings (SSSR count). The molecule has 0 spiro atoms. The molecular weight excluding hydrogens is 308 g/mol. The highest BCUT2D eigenvalue weighted by molar-refractivity contribution is 7.14. The number of nitriles is 1. The molecule has 6 heteroatoms. The van der Waals surface area contributed by atoms with Gasteiger partial charge >= 0.3 is 6.03 Å². The van der Waals surface area contributed by atoms with Gasteiger partial charge < -0.3 is 5.32 Å². The second-order valence-corrected chi connectivity index (χ2v) is 6.52. The van der Waals surface area contributed by atoms with E-state index in [4.69, 9.17) is 5.26 Å². The lowest BCUT2D eigenvalue weighted by Crippen LogP contribution is -2.38. The summed E-state index contributed by atoms with van der Waals surface area (Å²) >= 11 is 1.40. The summed E-state index contributed by atoms with van der Waals surface area (Å²) < 4.78 is 0. The second-order valence-electron chi connectivity index (χ2n) is 5.66. The highest BCUT2D eigenvalue weighted by atomic mass is 32.1. The Morgan fingerprint density at radius 2 is 1.96 bits per heavy atom. The van der Waals surface area contributed by atoms with Crippen LogP contribution in [0.2, 0.25) is 0 Å². The van der Waals surface area contributed by atoms with Gasteiger partial charge in [-0.15, -0.1) is 11.3 Å². The Bertz CT molecular complexity index is 711. The monoisotopic (exact) mass is 326 g/mol. The van der Waals surface area contributed by atoms with Crippen LogP contribution in [-0.2, 0) is 0 Å². The molecule has 118 valence electrons. The molecule has 1 aromatic heterocycles. The molecule has 23 heavy (non-hydrogen) atoms. The minimum atomic E-state index is -0.183.